The lowest BCUT2D eigenvalue weighted by Crippen LogP contribution is -2.19. The number of benzene rings is 2. The predicted molar refractivity (Wildman–Crippen MR) is 75.8 cm³/mol. The van der Waals surface area contributed by atoms with E-state index >= 15 is 0 Å². The summed E-state index contributed by atoms with van der Waals surface area (Å²) >= 11 is 5.90. The maximum atomic E-state index is 12.8. The fourth-order valence-electron chi connectivity index (χ4n) is 2.52. The molecule has 0 aromatic heterocycles. The van der Waals surface area contributed by atoms with Gasteiger partial charge in [-0.1, -0.05) is 29.8 Å². The van der Waals surface area contributed by atoms with Gasteiger partial charge in [-0.05, 0) is 29.8 Å². The molecule has 2 aromatic rings. The highest BCUT2D eigenvalue weighted by Gasteiger charge is 2.28. The van der Waals surface area contributed by atoms with E-state index in [0.717, 1.165) is 0 Å². The second-order valence-corrected chi connectivity index (χ2v) is 5.45. The molecule has 0 saturated heterocycles. The topological polar surface area (TPSA) is 29.5 Å². The van der Waals surface area contributed by atoms with E-state index in [0.29, 0.717) is 28.3 Å². The van der Waals surface area contributed by atoms with Gasteiger partial charge in [-0.25, -0.2) is 8.78 Å². The highest BCUT2D eigenvalue weighted by molar-refractivity contribution is 6.30. The monoisotopic (exact) mass is 310 g/mol. The summed E-state index contributed by atoms with van der Waals surface area (Å²) in [6, 6.07) is 11.1. The zero-order valence-corrected chi connectivity index (χ0v) is 11.7. The van der Waals surface area contributed by atoms with Gasteiger partial charge in [0.2, 0.25) is 0 Å². The lowest BCUT2D eigenvalue weighted by molar-refractivity contribution is 0.0655. The van der Waals surface area contributed by atoms with Crippen molar-refractivity contribution < 1.29 is 18.6 Å². The molecule has 0 spiro atoms. The Balaban J connectivity index is 1.92. The maximum Gasteiger partial charge on any atom is 0.263 e. The molecule has 0 amide bonds. The van der Waals surface area contributed by atoms with Crippen molar-refractivity contribution in [2.45, 2.75) is 25.1 Å². The number of aliphatic hydroxyl groups is 1. The fourth-order valence-corrected chi connectivity index (χ4v) is 2.70. The van der Waals surface area contributed by atoms with Crippen LogP contribution in [0.1, 0.15) is 41.7 Å². The van der Waals surface area contributed by atoms with Gasteiger partial charge < -0.3 is 9.84 Å². The van der Waals surface area contributed by atoms with Crippen LogP contribution in [0.25, 0.3) is 0 Å². The first kappa shape index (κ1) is 14.3. The van der Waals surface area contributed by atoms with Crippen molar-refractivity contribution in [2.75, 3.05) is 0 Å². The second-order valence-electron chi connectivity index (χ2n) is 5.01. The summed E-state index contributed by atoms with van der Waals surface area (Å²) < 4.78 is 31.4. The van der Waals surface area contributed by atoms with Crippen LogP contribution < -0.4 is 4.74 Å². The molecule has 0 saturated carbocycles. The lowest BCUT2D eigenvalue weighted by Gasteiger charge is -2.30. The Morgan fingerprint density at radius 2 is 2.00 bits per heavy atom. The molecule has 0 fully saturated rings. The van der Waals surface area contributed by atoms with Crippen LogP contribution in [0.15, 0.2) is 42.5 Å². The first-order chi connectivity index (χ1) is 10.0. The van der Waals surface area contributed by atoms with E-state index < -0.39 is 18.6 Å². The standard InChI is InChI=1S/C16H13ClF2O2/c17-11-4-5-14-12(7-11)13(20)8-15(21-14)9-2-1-3-10(6-9)16(18)19/h1-7,13,15-16,20H,8H2/t13-,15?/m0/s1. The summed E-state index contributed by atoms with van der Waals surface area (Å²) in [5, 5.41) is 10.7. The molecule has 21 heavy (non-hydrogen) atoms. The minimum absolute atomic E-state index is 0.0486. The van der Waals surface area contributed by atoms with Crippen LogP contribution in [-0.4, -0.2) is 5.11 Å². The number of rotatable bonds is 2. The highest BCUT2D eigenvalue weighted by Crippen LogP contribution is 2.42. The summed E-state index contributed by atoms with van der Waals surface area (Å²) in [5.74, 6) is 0.533. The first-order valence-corrected chi connectivity index (χ1v) is 6.94. The molecule has 1 heterocycles. The SMILES string of the molecule is O[C@H]1CC(c2cccc(C(F)F)c2)Oc2ccc(Cl)cc21. The third kappa shape index (κ3) is 2.87. The molecule has 0 radical (unpaired) electrons. The Morgan fingerprint density at radius 1 is 1.19 bits per heavy atom. The van der Waals surface area contributed by atoms with Crippen LogP contribution in [0.2, 0.25) is 5.02 Å². The number of hydrogen-bond acceptors (Lipinski definition) is 2. The molecule has 110 valence electrons. The van der Waals surface area contributed by atoms with Gasteiger partial charge in [-0.15, -0.1) is 0 Å². The van der Waals surface area contributed by atoms with Gasteiger partial charge in [0.1, 0.15) is 11.9 Å². The van der Waals surface area contributed by atoms with Crippen molar-refractivity contribution in [3.05, 3.63) is 64.2 Å². The summed E-state index contributed by atoms with van der Waals surface area (Å²) in [5.41, 5.74) is 1.21. The summed E-state index contributed by atoms with van der Waals surface area (Å²) in [6.45, 7) is 0. The van der Waals surface area contributed by atoms with Crippen molar-refractivity contribution in [3.63, 3.8) is 0 Å². The van der Waals surface area contributed by atoms with Gasteiger partial charge in [0.15, 0.2) is 0 Å². The van der Waals surface area contributed by atoms with Gasteiger partial charge in [-0.2, -0.15) is 0 Å². The molecule has 3 rings (SSSR count). The van der Waals surface area contributed by atoms with Crippen LogP contribution in [-0.2, 0) is 0 Å². The Morgan fingerprint density at radius 3 is 2.76 bits per heavy atom. The van der Waals surface area contributed by atoms with Crippen LogP contribution in [0.5, 0.6) is 5.75 Å². The quantitative estimate of drug-likeness (QED) is 0.860. The van der Waals surface area contributed by atoms with Gasteiger partial charge in [0.25, 0.3) is 6.43 Å². The molecule has 0 bridgehead atoms. The molecule has 1 aliphatic heterocycles. The molecule has 5 heteroatoms. The Bertz CT molecular complexity index is 660. The van der Waals surface area contributed by atoms with E-state index in [1.807, 2.05) is 0 Å². The van der Waals surface area contributed by atoms with E-state index in [9.17, 15) is 13.9 Å². The largest absolute Gasteiger partial charge is 0.485 e. The number of fused-ring (bicyclic) bond motifs is 1. The molecule has 2 atom stereocenters. The van der Waals surface area contributed by atoms with Crippen molar-refractivity contribution in [3.8, 4) is 5.75 Å². The van der Waals surface area contributed by atoms with Crippen LogP contribution in [0.4, 0.5) is 8.78 Å². The molecule has 1 aliphatic rings. The summed E-state index contributed by atoms with van der Waals surface area (Å²) in [7, 11) is 0. The van der Waals surface area contributed by atoms with Gasteiger partial charge in [0.05, 0.1) is 6.10 Å². The van der Waals surface area contributed by atoms with Crippen molar-refractivity contribution in [2.24, 2.45) is 0 Å². The van der Waals surface area contributed by atoms with Crippen molar-refractivity contribution in [1.82, 2.24) is 0 Å². The molecular formula is C16H13ClF2O2. The van der Waals surface area contributed by atoms with Crippen molar-refractivity contribution >= 4 is 11.6 Å². The second kappa shape index (κ2) is 5.62. The Labute approximate surface area is 125 Å². The van der Waals surface area contributed by atoms with Gasteiger partial charge in [0, 0.05) is 22.6 Å². The van der Waals surface area contributed by atoms with E-state index in [1.165, 1.54) is 12.1 Å². The van der Waals surface area contributed by atoms with E-state index in [4.69, 9.17) is 16.3 Å². The molecule has 2 aromatic carbocycles. The smallest absolute Gasteiger partial charge is 0.263 e. The van der Waals surface area contributed by atoms with Crippen LogP contribution in [0, 0.1) is 0 Å². The van der Waals surface area contributed by atoms with Gasteiger partial charge >= 0.3 is 0 Å². The molecule has 1 N–H and O–H groups in total. The zero-order valence-electron chi connectivity index (χ0n) is 11.0. The minimum Gasteiger partial charge on any atom is -0.485 e. The number of halogens is 3. The van der Waals surface area contributed by atoms with Crippen molar-refractivity contribution in [1.29, 1.82) is 0 Å². The average Bonchev–Trinajstić information content (AvgIpc) is 2.48. The highest BCUT2D eigenvalue weighted by atomic mass is 35.5. The lowest BCUT2D eigenvalue weighted by atomic mass is 9.94. The van der Waals surface area contributed by atoms with E-state index in [2.05, 4.69) is 0 Å². The van der Waals surface area contributed by atoms with Crippen LogP contribution in [0.3, 0.4) is 0 Å². The first-order valence-electron chi connectivity index (χ1n) is 6.57. The maximum absolute atomic E-state index is 12.8. The number of hydrogen-bond donors (Lipinski definition) is 1. The third-order valence-electron chi connectivity index (χ3n) is 3.57. The summed E-state index contributed by atoms with van der Waals surface area (Å²) in [6.07, 6.45) is -3.40. The van der Waals surface area contributed by atoms with E-state index in [1.54, 1.807) is 30.3 Å². The normalized spacial score (nSPS) is 21.0. The number of alkyl halides is 2. The molecular weight excluding hydrogens is 298 g/mol. The summed E-state index contributed by atoms with van der Waals surface area (Å²) in [4.78, 5) is 0. The van der Waals surface area contributed by atoms with Gasteiger partial charge in [-0.3, -0.25) is 0 Å². The predicted octanol–water partition coefficient (Wildman–Crippen LogP) is 4.83. The number of ether oxygens (including phenoxy) is 1. The fraction of sp³-hybridized carbons (Fsp3) is 0.250. The molecule has 2 nitrogen and oxygen atoms in total. The van der Waals surface area contributed by atoms with Crippen LogP contribution >= 0.6 is 11.6 Å². The zero-order chi connectivity index (χ0) is 15.0. The minimum atomic E-state index is -2.52. The molecule has 1 unspecified atom stereocenters. The Kier molecular flexibility index (Phi) is 3.83. The average molecular weight is 311 g/mol. The number of aliphatic hydroxyl groups excluding tert-OH is 1. The molecule has 0 aliphatic carbocycles. The Hall–Kier alpha value is -1.65. The van der Waals surface area contributed by atoms with E-state index in [-0.39, 0.29) is 5.56 Å². The third-order valence-corrected chi connectivity index (χ3v) is 3.81.